The van der Waals surface area contributed by atoms with Crippen LogP contribution in [0.2, 0.25) is 0 Å². The van der Waals surface area contributed by atoms with Crippen LogP contribution >= 0.6 is 0 Å². The van der Waals surface area contributed by atoms with E-state index in [0.29, 0.717) is 46.1 Å². The Morgan fingerprint density at radius 3 is 2.61 bits per heavy atom. The smallest absolute Gasteiger partial charge is 0.339 e. The molecule has 0 unspecified atom stereocenters. The van der Waals surface area contributed by atoms with E-state index >= 15 is 0 Å². The van der Waals surface area contributed by atoms with Crippen LogP contribution in [0.3, 0.4) is 0 Å². The molecule has 180 valence electrons. The molecule has 0 aliphatic heterocycles. The number of carbonyl (C=O) groups is 1. The Labute approximate surface area is 206 Å². The maximum Gasteiger partial charge on any atom is 0.339 e. The molecule has 0 aliphatic carbocycles. The van der Waals surface area contributed by atoms with E-state index in [0.717, 1.165) is 10.9 Å². The average molecular weight is 484 g/mol. The fourth-order valence-corrected chi connectivity index (χ4v) is 4.07. The Morgan fingerprint density at radius 2 is 1.81 bits per heavy atom. The van der Waals surface area contributed by atoms with E-state index in [1.807, 2.05) is 24.3 Å². The fourth-order valence-electron chi connectivity index (χ4n) is 4.07. The van der Waals surface area contributed by atoms with E-state index in [-0.39, 0.29) is 12.4 Å². The molecule has 36 heavy (non-hydrogen) atoms. The van der Waals surface area contributed by atoms with Gasteiger partial charge in [0.2, 0.25) is 0 Å². The van der Waals surface area contributed by atoms with E-state index in [1.54, 1.807) is 41.3 Å². The summed E-state index contributed by atoms with van der Waals surface area (Å²) in [6.07, 6.45) is 4.95. The number of fused-ring (bicyclic) bond motifs is 1. The first kappa shape index (κ1) is 23.1. The third-order valence-corrected chi connectivity index (χ3v) is 5.87. The number of hydrogen-bond donors (Lipinski definition) is 0. The summed E-state index contributed by atoms with van der Waals surface area (Å²) in [5.41, 5.74) is 3.54. The van der Waals surface area contributed by atoms with Gasteiger partial charge < -0.3 is 9.47 Å². The number of carbonyl (C=O) groups excluding carboxylic acids is 1. The van der Waals surface area contributed by atoms with Crippen LogP contribution < -0.4 is 4.74 Å². The summed E-state index contributed by atoms with van der Waals surface area (Å²) in [6.45, 7) is 0.260. The van der Waals surface area contributed by atoms with Crippen LogP contribution in [-0.4, -0.2) is 44.9 Å². The fraction of sp³-hybridized carbons (Fsp3) is 0.148. The lowest BCUT2D eigenvalue weighted by Gasteiger charge is -2.11. The van der Waals surface area contributed by atoms with Crippen LogP contribution in [0.1, 0.15) is 27.2 Å². The van der Waals surface area contributed by atoms with Crippen molar-refractivity contribution in [2.45, 2.75) is 13.0 Å². The Balaban J connectivity index is 1.58. The summed E-state index contributed by atoms with van der Waals surface area (Å²) in [7, 11) is 2.86. The second kappa shape index (κ2) is 9.91. The van der Waals surface area contributed by atoms with Crippen LogP contribution in [-0.2, 0) is 17.7 Å². The predicted octanol–water partition coefficient (Wildman–Crippen LogP) is 4.46. The Hall–Kier alpha value is -4.66. The first-order chi connectivity index (χ1) is 17.6. The zero-order chi connectivity index (χ0) is 25.1. The Morgan fingerprint density at radius 1 is 1.00 bits per heavy atom. The van der Waals surface area contributed by atoms with Gasteiger partial charge >= 0.3 is 5.97 Å². The maximum atomic E-state index is 14.3. The minimum atomic E-state index is -0.482. The Bertz CT molecular complexity index is 1570. The highest BCUT2D eigenvalue weighted by molar-refractivity contribution is 5.92. The maximum absolute atomic E-state index is 14.3. The number of halogens is 1. The second-order valence-electron chi connectivity index (χ2n) is 8.02. The molecule has 0 radical (unpaired) electrons. The van der Waals surface area contributed by atoms with Gasteiger partial charge in [0.1, 0.15) is 11.5 Å². The number of methoxy groups -OCH3 is 2. The molecule has 0 saturated heterocycles. The molecule has 0 saturated carbocycles. The third-order valence-electron chi connectivity index (χ3n) is 5.87. The van der Waals surface area contributed by atoms with Crippen molar-refractivity contribution >= 4 is 16.9 Å². The van der Waals surface area contributed by atoms with Crippen LogP contribution in [0, 0.1) is 5.82 Å². The van der Waals surface area contributed by atoms with Crippen molar-refractivity contribution in [1.82, 2.24) is 24.7 Å². The first-order valence-corrected chi connectivity index (χ1v) is 11.2. The van der Waals surface area contributed by atoms with Crippen LogP contribution in [0.4, 0.5) is 4.39 Å². The summed E-state index contributed by atoms with van der Waals surface area (Å²) in [6, 6.07) is 16.0. The lowest BCUT2D eigenvalue weighted by Crippen LogP contribution is -2.09. The number of nitrogens with zero attached hydrogens (tertiary/aromatic N) is 5. The highest BCUT2D eigenvalue weighted by Crippen LogP contribution is 2.29. The largest absolute Gasteiger partial charge is 0.493 e. The van der Waals surface area contributed by atoms with Crippen LogP contribution in [0.15, 0.2) is 73.2 Å². The molecule has 0 bridgehead atoms. The van der Waals surface area contributed by atoms with Crippen molar-refractivity contribution in [1.29, 1.82) is 0 Å². The molecule has 0 atom stereocenters. The molecular formula is C27H22FN5O3. The van der Waals surface area contributed by atoms with Gasteiger partial charge in [-0.15, -0.1) is 0 Å². The zero-order valence-corrected chi connectivity index (χ0v) is 19.7. The van der Waals surface area contributed by atoms with Gasteiger partial charge in [-0.2, -0.15) is 5.10 Å². The van der Waals surface area contributed by atoms with Gasteiger partial charge in [-0.3, -0.25) is 9.67 Å². The van der Waals surface area contributed by atoms with E-state index in [1.165, 1.54) is 26.5 Å². The minimum absolute atomic E-state index is 0.260. The van der Waals surface area contributed by atoms with E-state index < -0.39 is 5.97 Å². The third kappa shape index (κ3) is 4.38. The lowest BCUT2D eigenvalue weighted by molar-refractivity contribution is 0.0599. The van der Waals surface area contributed by atoms with Gasteiger partial charge in [0.05, 0.1) is 43.7 Å². The summed E-state index contributed by atoms with van der Waals surface area (Å²) in [5, 5.41) is 5.60. The van der Waals surface area contributed by atoms with Gasteiger partial charge in [0.25, 0.3) is 0 Å². The van der Waals surface area contributed by atoms with Gasteiger partial charge in [0.15, 0.2) is 11.6 Å². The zero-order valence-electron chi connectivity index (χ0n) is 19.7. The molecule has 0 amide bonds. The summed E-state index contributed by atoms with van der Waals surface area (Å²) in [5.74, 6) is 0.0917. The molecule has 3 heterocycles. The van der Waals surface area contributed by atoms with Gasteiger partial charge in [0, 0.05) is 29.8 Å². The molecule has 5 rings (SSSR count). The topological polar surface area (TPSA) is 92.0 Å². The van der Waals surface area contributed by atoms with Crippen molar-refractivity contribution in [2.24, 2.45) is 0 Å². The van der Waals surface area contributed by atoms with Gasteiger partial charge in [-0.25, -0.2) is 19.2 Å². The molecule has 0 fully saturated rings. The SMILES string of the molecule is COC(=O)c1cnccc1Cc1nc(-c2nn(Cc3ccccc3F)c3ccccc23)ncc1OC. The van der Waals surface area contributed by atoms with Crippen LogP contribution in [0.25, 0.3) is 22.4 Å². The number of aromatic nitrogens is 5. The quantitative estimate of drug-likeness (QED) is 0.316. The highest BCUT2D eigenvalue weighted by Gasteiger charge is 2.19. The number of benzene rings is 2. The summed E-state index contributed by atoms with van der Waals surface area (Å²) in [4.78, 5) is 25.5. The average Bonchev–Trinajstić information content (AvgIpc) is 3.28. The molecule has 9 heteroatoms. The molecular weight excluding hydrogens is 461 g/mol. The van der Waals surface area contributed by atoms with Crippen molar-refractivity contribution in [3.8, 4) is 17.3 Å². The summed E-state index contributed by atoms with van der Waals surface area (Å²) < 4.78 is 26.5. The molecule has 3 aromatic heterocycles. The monoisotopic (exact) mass is 483 g/mol. The van der Waals surface area contributed by atoms with Crippen molar-refractivity contribution in [2.75, 3.05) is 14.2 Å². The van der Waals surface area contributed by atoms with E-state index in [2.05, 4.69) is 9.97 Å². The van der Waals surface area contributed by atoms with E-state index in [9.17, 15) is 9.18 Å². The standard InChI is InChI=1S/C27H22FN5O3/c1-35-24-15-30-26(31-22(24)13-17-11-12-29-14-20(17)27(34)36-2)25-19-8-4-6-10-23(19)33(32-25)16-18-7-3-5-9-21(18)28/h3-12,14-15H,13,16H2,1-2H3. The van der Waals surface area contributed by atoms with Gasteiger partial charge in [-0.05, 0) is 23.8 Å². The number of ether oxygens (including phenoxy) is 2. The molecule has 2 aromatic carbocycles. The molecule has 0 aliphatic rings. The first-order valence-electron chi connectivity index (χ1n) is 11.2. The second-order valence-corrected chi connectivity index (χ2v) is 8.02. The normalized spacial score (nSPS) is 11.0. The molecule has 8 nitrogen and oxygen atoms in total. The van der Waals surface area contributed by atoms with Crippen molar-refractivity contribution < 1.29 is 18.7 Å². The Kier molecular flexibility index (Phi) is 6.36. The number of para-hydroxylation sites is 1. The number of rotatable bonds is 7. The predicted molar refractivity (Wildman–Crippen MR) is 131 cm³/mol. The van der Waals surface area contributed by atoms with Crippen molar-refractivity contribution in [3.63, 3.8) is 0 Å². The number of pyridine rings is 1. The lowest BCUT2D eigenvalue weighted by atomic mass is 10.0. The number of hydrogen-bond acceptors (Lipinski definition) is 7. The molecule has 0 N–H and O–H groups in total. The number of esters is 1. The van der Waals surface area contributed by atoms with Crippen LogP contribution in [0.5, 0.6) is 5.75 Å². The highest BCUT2D eigenvalue weighted by atomic mass is 19.1. The summed E-state index contributed by atoms with van der Waals surface area (Å²) >= 11 is 0. The molecule has 0 spiro atoms. The van der Waals surface area contributed by atoms with E-state index in [4.69, 9.17) is 19.6 Å². The molecule has 5 aromatic rings. The van der Waals surface area contributed by atoms with Crippen molar-refractivity contribution in [3.05, 3.63) is 101 Å². The van der Waals surface area contributed by atoms with Gasteiger partial charge in [-0.1, -0.05) is 36.4 Å². The minimum Gasteiger partial charge on any atom is -0.493 e.